The molecule has 1 aromatic carbocycles. The summed E-state index contributed by atoms with van der Waals surface area (Å²) < 4.78 is 5.25. The quantitative estimate of drug-likeness (QED) is 0.743. The number of amides is 2. The van der Waals surface area contributed by atoms with E-state index in [1.165, 1.54) is 6.92 Å². The minimum Gasteiger partial charge on any atom is -0.355 e. The molecule has 2 heterocycles. The lowest BCUT2D eigenvalue weighted by Crippen LogP contribution is -2.14. The van der Waals surface area contributed by atoms with Gasteiger partial charge >= 0.3 is 0 Å². The Labute approximate surface area is 142 Å². The van der Waals surface area contributed by atoms with E-state index in [9.17, 15) is 9.59 Å². The van der Waals surface area contributed by atoms with Crippen molar-refractivity contribution in [1.29, 1.82) is 0 Å². The second-order valence-corrected chi connectivity index (χ2v) is 6.09. The number of carbonyl (C=O) groups excluding carboxylic acids is 2. The Morgan fingerprint density at radius 3 is 2.46 bits per heavy atom. The summed E-state index contributed by atoms with van der Waals surface area (Å²) in [7, 11) is 0. The molecule has 2 aromatic heterocycles. The summed E-state index contributed by atoms with van der Waals surface area (Å²) in [5.74, 6) is 0.333. The summed E-state index contributed by atoms with van der Waals surface area (Å²) in [6, 6.07) is 12.5. The molecular formula is C17H15N3O3S. The van der Waals surface area contributed by atoms with Gasteiger partial charge in [0.15, 0.2) is 5.76 Å². The lowest BCUT2D eigenvalue weighted by Gasteiger charge is -2.06. The highest BCUT2D eigenvalue weighted by Gasteiger charge is 2.11. The zero-order valence-corrected chi connectivity index (χ0v) is 13.7. The number of nitrogens with one attached hydrogen (secondary N) is 2. The standard InChI is InChI=1S/C17H15N3O3S/c1-11(21)18-12-4-6-13(7-5-12)19-17(22)10-14-9-15(23-20-14)16-3-2-8-24-16/h2-9H,10H2,1H3,(H,18,21)(H,19,22). The van der Waals surface area contributed by atoms with Gasteiger partial charge in [-0.15, -0.1) is 11.3 Å². The summed E-state index contributed by atoms with van der Waals surface area (Å²) >= 11 is 1.55. The number of rotatable bonds is 5. The fourth-order valence-electron chi connectivity index (χ4n) is 2.14. The first-order chi connectivity index (χ1) is 11.6. The molecule has 2 N–H and O–H groups in total. The number of carbonyl (C=O) groups is 2. The van der Waals surface area contributed by atoms with E-state index in [1.807, 2.05) is 17.5 Å². The molecule has 0 unspecified atom stereocenters. The summed E-state index contributed by atoms with van der Waals surface area (Å²) in [6.45, 7) is 1.44. The van der Waals surface area contributed by atoms with Gasteiger partial charge in [-0.1, -0.05) is 11.2 Å². The van der Waals surface area contributed by atoms with E-state index >= 15 is 0 Å². The molecule has 0 bridgehead atoms. The molecule has 0 radical (unpaired) electrons. The number of hydrogen-bond donors (Lipinski definition) is 2. The molecular weight excluding hydrogens is 326 g/mol. The highest BCUT2D eigenvalue weighted by Crippen LogP contribution is 2.25. The Balaban J connectivity index is 1.58. The van der Waals surface area contributed by atoms with Gasteiger partial charge in [0.1, 0.15) is 0 Å². The number of benzene rings is 1. The maximum atomic E-state index is 12.1. The van der Waals surface area contributed by atoms with Crippen molar-refractivity contribution in [2.24, 2.45) is 0 Å². The van der Waals surface area contributed by atoms with Crippen LogP contribution in [0.3, 0.4) is 0 Å². The smallest absolute Gasteiger partial charge is 0.230 e. The minimum absolute atomic E-state index is 0.127. The molecule has 7 heteroatoms. The number of aromatic nitrogens is 1. The van der Waals surface area contributed by atoms with Crippen LogP contribution in [-0.2, 0) is 16.0 Å². The third-order valence-electron chi connectivity index (χ3n) is 3.15. The van der Waals surface area contributed by atoms with Crippen LogP contribution in [0.4, 0.5) is 11.4 Å². The van der Waals surface area contributed by atoms with Crippen molar-refractivity contribution in [1.82, 2.24) is 5.16 Å². The maximum Gasteiger partial charge on any atom is 0.230 e. The van der Waals surface area contributed by atoms with E-state index in [4.69, 9.17) is 4.52 Å². The van der Waals surface area contributed by atoms with Crippen molar-refractivity contribution in [3.8, 4) is 10.6 Å². The van der Waals surface area contributed by atoms with Crippen LogP contribution in [-0.4, -0.2) is 17.0 Å². The van der Waals surface area contributed by atoms with Crippen LogP contribution in [0.5, 0.6) is 0 Å². The normalized spacial score (nSPS) is 10.4. The van der Waals surface area contributed by atoms with Crippen LogP contribution in [0.1, 0.15) is 12.6 Å². The fraction of sp³-hybridized carbons (Fsp3) is 0.118. The third kappa shape index (κ3) is 4.08. The highest BCUT2D eigenvalue weighted by molar-refractivity contribution is 7.13. The van der Waals surface area contributed by atoms with Crippen molar-refractivity contribution in [3.63, 3.8) is 0 Å². The van der Waals surface area contributed by atoms with Crippen molar-refractivity contribution in [3.05, 3.63) is 53.5 Å². The molecule has 3 rings (SSSR count). The number of thiophene rings is 1. The van der Waals surface area contributed by atoms with Crippen LogP contribution >= 0.6 is 11.3 Å². The SMILES string of the molecule is CC(=O)Nc1ccc(NC(=O)Cc2cc(-c3cccs3)on2)cc1. The highest BCUT2D eigenvalue weighted by atomic mass is 32.1. The van der Waals surface area contributed by atoms with Crippen molar-refractivity contribution in [2.45, 2.75) is 13.3 Å². The number of nitrogens with zero attached hydrogens (tertiary/aromatic N) is 1. The van der Waals surface area contributed by atoms with E-state index in [0.29, 0.717) is 22.8 Å². The van der Waals surface area contributed by atoms with Crippen LogP contribution in [0.15, 0.2) is 52.4 Å². The van der Waals surface area contributed by atoms with E-state index in [1.54, 1.807) is 41.7 Å². The van der Waals surface area contributed by atoms with Gasteiger partial charge in [0, 0.05) is 24.4 Å². The molecule has 0 saturated carbocycles. The molecule has 0 saturated heterocycles. The van der Waals surface area contributed by atoms with Crippen LogP contribution in [0.25, 0.3) is 10.6 Å². The number of hydrogen-bond acceptors (Lipinski definition) is 5. The minimum atomic E-state index is -0.187. The lowest BCUT2D eigenvalue weighted by atomic mass is 10.2. The van der Waals surface area contributed by atoms with E-state index in [2.05, 4.69) is 15.8 Å². The second kappa shape index (κ2) is 7.10. The van der Waals surface area contributed by atoms with E-state index in [0.717, 1.165) is 4.88 Å². The molecule has 3 aromatic rings. The van der Waals surface area contributed by atoms with Gasteiger partial charge in [0.2, 0.25) is 11.8 Å². The van der Waals surface area contributed by atoms with E-state index < -0.39 is 0 Å². The molecule has 0 spiro atoms. The zero-order valence-electron chi connectivity index (χ0n) is 12.9. The van der Waals surface area contributed by atoms with E-state index in [-0.39, 0.29) is 18.2 Å². The van der Waals surface area contributed by atoms with Gasteiger partial charge < -0.3 is 15.2 Å². The van der Waals surface area contributed by atoms with Gasteiger partial charge in [0.05, 0.1) is 17.0 Å². The Morgan fingerprint density at radius 2 is 1.83 bits per heavy atom. The first-order valence-corrected chi connectivity index (χ1v) is 8.15. The first-order valence-electron chi connectivity index (χ1n) is 7.27. The van der Waals surface area contributed by atoms with Gasteiger partial charge in [-0.3, -0.25) is 9.59 Å². The zero-order chi connectivity index (χ0) is 16.9. The van der Waals surface area contributed by atoms with Crippen LogP contribution < -0.4 is 10.6 Å². The second-order valence-electron chi connectivity index (χ2n) is 5.14. The molecule has 0 aliphatic carbocycles. The summed E-state index contributed by atoms with van der Waals surface area (Å²) in [5.41, 5.74) is 1.90. The average molecular weight is 341 g/mol. The summed E-state index contributed by atoms with van der Waals surface area (Å²) in [4.78, 5) is 24.0. The van der Waals surface area contributed by atoms with Crippen molar-refractivity contribution in [2.75, 3.05) is 10.6 Å². The predicted molar refractivity (Wildman–Crippen MR) is 92.9 cm³/mol. The van der Waals surface area contributed by atoms with Gasteiger partial charge in [-0.05, 0) is 35.7 Å². The monoisotopic (exact) mass is 341 g/mol. The fourth-order valence-corrected chi connectivity index (χ4v) is 2.81. The van der Waals surface area contributed by atoms with Crippen molar-refractivity contribution >= 4 is 34.5 Å². The third-order valence-corrected chi connectivity index (χ3v) is 4.04. The molecule has 24 heavy (non-hydrogen) atoms. The Bertz CT molecular complexity index is 838. The van der Waals surface area contributed by atoms with Crippen LogP contribution in [0, 0.1) is 0 Å². The molecule has 0 fully saturated rings. The molecule has 0 atom stereocenters. The molecule has 2 amide bonds. The molecule has 6 nitrogen and oxygen atoms in total. The predicted octanol–water partition coefficient (Wildman–Crippen LogP) is 3.54. The largest absolute Gasteiger partial charge is 0.355 e. The lowest BCUT2D eigenvalue weighted by molar-refractivity contribution is -0.116. The van der Waals surface area contributed by atoms with Gasteiger partial charge in [-0.25, -0.2) is 0 Å². The molecule has 0 aliphatic heterocycles. The maximum absolute atomic E-state index is 12.1. The molecule has 0 aliphatic rings. The van der Waals surface area contributed by atoms with Crippen molar-refractivity contribution < 1.29 is 14.1 Å². The Hall–Kier alpha value is -2.93. The number of anilines is 2. The Kier molecular flexibility index (Phi) is 4.72. The van der Waals surface area contributed by atoms with Gasteiger partial charge in [-0.2, -0.15) is 0 Å². The first kappa shape index (κ1) is 15.9. The summed E-state index contributed by atoms with van der Waals surface area (Å²) in [5, 5.41) is 11.3. The topological polar surface area (TPSA) is 84.2 Å². The average Bonchev–Trinajstić information content (AvgIpc) is 3.19. The van der Waals surface area contributed by atoms with Crippen LogP contribution in [0.2, 0.25) is 0 Å². The molecule has 122 valence electrons. The van der Waals surface area contributed by atoms with Gasteiger partial charge in [0.25, 0.3) is 0 Å². The summed E-state index contributed by atoms with van der Waals surface area (Å²) in [6.07, 6.45) is 0.127. The Morgan fingerprint density at radius 1 is 1.12 bits per heavy atom.